The summed E-state index contributed by atoms with van der Waals surface area (Å²) < 4.78 is 100.0. The number of thiophene rings is 1. The van der Waals surface area contributed by atoms with Crippen LogP contribution in [0, 0.1) is 12.9 Å². The van der Waals surface area contributed by atoms with Gasteiger partial charge in [-0.25, -0.2) is 19.2 Å². The molecule has 4 aromatic heterocycles. The minimum absolute atomic E-state index is 0.0693. The third kappa shape index (κ3) is 9.86. The van der Waals surface area contributed by atoms with Crippen LogP contribution in [0.25, 0.3) is 32.0 Å². The molecular weight excluding hydrogens is 811 g/mol. The lowest BCUT2D eigenvalue weighted by atomic mass is 9.97. The van der Waals surface area contributed by atoms with Gasteiger partial charge in [0.05, 0.1) is 27.6 Å². The fourth-order valence-corrected chi connectivity index (χ4v) is 7.33. The van der Waals surface area contributed by atoms with E-state index in [4.69, 9.17) is 35.0 Å². The Morgan fingerprint density at radius 2 is 1.84 bits per heavy atom. The first-order chi connectivity index (χ1) is 27.9. The van der Waals surface area contributed by atoms with E-state index in [0.29, 0.717) is 50.3 Å². The summed E-state index contributed by atoms with van der Waals surface area (Å²) in [4.78, 5) is 23.0. The highest BCUT2D eigenvalue weighted by Gasteiger charge is 2.37. The van der Waals surface area contributed by atoms with Crippen molar-refractivity contribution in [2.75, 3.05) is 39.9 Å². The quantitative estimate of drug-likeness (QED) is 0.0464. The maximum Gasteiger partial charge on any atom is 0.408 e. The number of fused-ring (bicyclic) bond motifs is 1. The molecule has 308 valence electrons. The van der Waals surface area contributed by atoms with Crippen molar-refractivity contribution in [2.45, 2.75) is 45.5 Å². The number of nitrogens with zero attached hydrogens (tertiary/aromatic N) is 4. The summed E-state index contributed by atoms with van der Waals surface area (Å²) in [5.74, 6) is -0.790. The Labute approximate surface area is 338 Å². The monoisotopic (exact) mass is 848 g/mol. The number of aromatic nitrogens is 4. The van der Waals surface area contributed by atoms with Gasteiger partial charge in [0.25, 0.3) is 6.01 Å². The number of esters is 1. The smallest absolute Gasteiger partial charge is 0.408 e. The van der Waals surface area contributed by atoms with Gasteiger partial charge in [0, 0.05) is 43.0 Å². The molecule has 0 aliphatic rings. The van der Waals surface area contributed by atoms with Crippen LogP contribution in [-0.2, 0) is 22.7 Å². The second-order valence-corrected chi connectivity index (χ2v) is 14.0. The minimum Gasteiger partial charge on any atom is -0.491 e. The third-order valence-corrected chi connectivity index (χ3v) is 10.3. The summed E-state index contributed by atoms with van der Waals surface area (Å²) in [5.41, 5.74) is 1.43. The maximum atomic E-state index is 16.9. The van der Waals surface area contributed by atoms with E-state index in [9.17, 15) is 22.4 Å². The van der Waals surface area contributed by atoms with Crippen LogP contribution >= 0.6 is 22.9 Å². The lowest BCUT2D eigenvalue weighted by molar-refractivity contribution is -0.155. The van der Waals surface area contributed by atoms with Crippen LogP contribution in [0.5, 0.6) is 17.4 Å². The number of alkyl halides is 4. The van der Waals surface area contributed by atoms with E-state index in [1.165, 1.54) is 48.9 Å². The van der Waals surface area contributed by atoms with Crippen molar-refractivity contribution in [2.24, 2.45) is 0 Å². The number of carbonyl (C=O) groups excluding carboxylic acids is 1. The fraction of sp³-hybridized carbons (Fsp3) is 0.333. The number of likely N-dealkylation sites (N-methyl/N-ethyl adjacent to an activating group) is 1. The Balaban J connectivity index is 1.38. The molecule has 12 nitrogen and oxygen atoms in total. The van der Waals surface area contributed by atoms with Gasteiger partial charge in [0.15, 0.2) is 6.17 Å². The van der Waals surface area contributed by atoms with Crippen molar-refractivity contribution in [3.63, 3.8) is 0 Å². The molecule has 6 rings (SSSR count). The number of hydrogen-bond donors (Lipinski definition) is 2. The molecule has 2 N–H and O–H groups in total. The predicted molar refractivity (Wildman–Crippen MR) is 207 cm³/mol. The molecule has 0 unspecified atom stereocenters. The molecular formula is C39H38ClF5N6O6S. The number of ether oxygens (including phenoxy) is 4. The van der Waals surface area contributed by atoms with E-state index >= 15 is 4.39 Å². The number of para-hydroxylation sites is 1. The largest absolute Gasteiger partial charge is 0.491 e. The summed E-state index contributed by atoms with van der Waals surface area (Å²) in [6.45, 7) is 3.89. The van der Waals surface area contributed by atoms with Crippen molar-refractivity contribution < 1.29 is 50.1 Å². The number of benzene rings is 2. The van der Waals surface area contributed by atoms with Crippen LogP contribution < -0.4 is 24.8 Å². The van der Waals surface area contributed by atoms with E-state index in [0.717, 1.165) is 35.2 Å². The van der Waals surface area contributed by atoms with E-state index in [-0.39, 0.29) is 40.6 Å². The average Bonchev–Trinajstić information content (AvgIpc) is 3.94. The topological polar surface area (TPSA) is 135 Å². The normalized spacial score (nSPS) is 12.8. The van der Waals surface area contributed by atoms with E-state index < -0.39 is 43.6 Å². The summed E-state index contributed by atoms with van der Waals surface area (Å²) >= 11 is 7.99. The number of halogens is 6. The average molecular weight is 849 g/mol. The fourth-order valence-electron chi connectivity index (χ4n) is 6.00. The zero-order chi connectivity index (χ0) is 41.4. The predicted octanol–water partition coefficient (Wildman–Crippen LogP) is 8.27. The molecule has 0 saturated carbocycles. The number of carbonyl (C=O) groups is 1. The Morgan fingerprint density at radius 3 is 2.59 bits per heavy atom. The van der Waals surface area contributed by atoms with Crippen LogP contribution in [0.3, 0.4) is 0 Å². The van der Waals surface area contributed by atoms with E-state index in [1.807, 2.05) is 7.05 Å². The molecule has 0 fully saturated rings. The summed E-state index contributed by atoms with van der Waals surface area (Å²) in [5, 5.41) is 10.6. The van der Waals surface area contributed by atoms with Crippen molar-refractivity contribution in [3.05, 3.63) is 95.0 Å². The Morgan fingerprint density at radius 1 is 1.03 bits per heavy atom. The molecule has 0 radical (unpaired) electrons. The van der Waals surface area contributed by atoms with Gasteiger partial charge in [-0.05, 0) is 56.3 Å². The van der Waals surface area contributed by atoms with Crippen molar-refractivity contribution >= 4 is 39.1 Å². The third-order valence-electron chi connectivity index (χ3n) is 8.71. The molecule has 6 aromatic rings. The second-order valence-electron chi connectivity index (χ2n) is 12.6. The van der Waals surface area contributed by atoms with Gasteiger partial charge < -0.3 is 34.0 Å². The lowest BCUT2D eigenvalue weighted by Gasteiger charge is -2.23. The maximum absolute atomic E-state index is 16.9. The molecule has 0 aliphatic carbocycles. The van der Waals surface area contributed by atoms with Crippen LogP contribution in [0.15, 0.2) is 71.5 Å². The SMILES string of the molecule is CCOC(=O)[C@@H](Oc1ncnc2sc(-c3ccc(F)o3)c(-c3ccc(OCCNCCNC)c(Cl)c3C)c12)[C@H](F)c1ccccc1OCc1ccnn1CC(F)(F)F. The highest BCUT2D eigenvalue weighted by atomic mass is 35.5. The number of rotatable bonds is 19. The molecule has 0 spiro atoms. The number of hydrogen-bond acceptors (Lipinski definition) is 12. The minimum atomic E-state index is -4.54. The Kier molecular flexibility index (Phi) is 13.8. The number of nitrogens with one attached hydrogen (secondary N) is 2. The molecule has 0 aliphatic heterocycles. The first-order valence-corrected chi connectivity index (χ1v) is 19.2. The summed E-state index contributed by atoms with van der Waals surface area (Å²) in [7, 11) is 1.86. The van der Waals surface area contributed by atoms with Gasteiger partial charge in [-0.15, -0.1) is 11.3 Å². The highest BCUT2D eigenvalue weighted by molar-refractivity contribution is 7.22. The van der Waals surface area contributed by atoms with E-state index in [2.05, 4.69) is 25.7 Å². The molecule has 19 heteroatoms. The molecule has 0 amide bonds. The highest BCUT2D eigenvalue weighted by Crippen LogP contribution is 2.50. The first-order valence-electron chi connectivity index (χ1n) is 18.0. The van der Waals surface area contributed by atoms with Crippen molar-refractivity contribution in [1.82, 2.24) is 30.4 Å². The first kappa shape index (κ1) is 42.3. The lowest BCUT2D eigenvalue weighted by Crippen LogP contribution is -2.34. The van der Waals surface area contributed by atoms with Gasteiger partial charge in [-0.2, -0.15) is 22.7 Å². The molecule has 2 aromatic carbocycles. The van der Waals surface area contributed by atoms with Crippen molar-refractivity contribution in [1.29, 1.82) is 0 Å². The van der Waals surface area contributed by atoms with Gasteiger partial charge in [-0.1, -0.05) is 35.9 Å². The van der Waals surface area contributed by atoms with Crippen LogP contribution in [0.1, 0.15) is 29.9 Å². The van der Waals surface area contributed by atoms with Crippen LogP contribution in [-0.4, -0.2) is 77.9 Å². The van der Waals surface area contributed by atoms with Gasteiger partial charge in [0.1, 0.15) is 48.2 Å². The van der Waals surface area contributed by atoms with E-state index in [1.54, 1.807) is 26.0 Å². The zero-order valence-electron chi connectivity index (χ0n) is 31.4. The Hall–Kier alpha value is -5.30. The molecule has 58 heavy (non-hydrogen) atoms. The van der Waals surface area contributed by atoms with Gasteiger partial charge in [0.2, 0.25) is 12.0 Å². The second kappa shape index (κ2) is 19.0. The van der Waals surface area contributed by atoms with Crippen LogP contribution in [0.2, 0.25) is 5.02 Å². The van der Waals surface area contributed by atoms with Crippen LogP contribution in [0.4, 0.5) is 22.0 Å². The zero-order valence-corrected chi connectivity index (χ0v) is 32.9. The summed E-state index contributed by atoms with van der Waals surface area (Å²) in [6, 6.07) is 12.3. The number of furan rings is 1. The molecule has 0 bridgehead atoms. The molecule has 0 saturated heterocycles. The Bertz CT molecular complexity index is 2340. The van der Waals surface area contributed by atoms with Crippen molar-refractivity contribution in [3.8, 4) is 39.1 Å². The molecule has 4 heterocycles. The summed E-state index contributed by atoms with van der Waals surface area (Å²) in [6.07, 6.45) is -6.40. The standard InChI is InChI=1S/C39H38ClF5N6O6S/c1-4-53-38(52)34(33(42)25-7-5-6-8-26(25)55-19-23-13-14-50-51(23)20-39(43,44)45)57-36-31-30(35(28-11-12-29(41)56-28)58-37(31)49-21-48-36)24-9-10-27(32(40)22(24)2)54-18-17-47-16-15-46-3/h5-14,21,33-34,46-47H,4,15-20H2,1-3H3/t33-,34+/m1/s1. The molecule has 2 atom stereocenters. The van der Waals surface area contributed by atoms with Gasteiger partial charge >= 0.3 is 12.1 Å². The van der Waals surface area contributed by atoms with Gasteiger partial charge in [-0.3, -0.25) is 4.68 Å².